The number of nitrogens with zero attached hydrogens (tertiary/aromatic N) is 2. The van der Waals surface area contributed by atoms with Crippen LogP contribution in [0.3, 0.4) is 0 Å². The van der Waals surface area contributed by atoms with Crippen LogP contribution < -0.4 is 9.62 Å². The van der Waals surface area contributed by atoms with Gasteiger partial charge in [-0.1, -0.05) is 79.0 Å². The van der Waals surface area contributed by atoms with Crippen molar-refractivity contribution < 1.29 is 18.0 Å². The molecule has 3 aromatic carbocycles. The molecule has 0 aromatic heterocycles. The normalized spacial score (nSPS) is 12.9. The van der Waals surface area contributed by atoms with Crippen LogP contribution in [0, 0.1) is 6.92 Å². The molecule has 41 heavy (non-hydrogen) atoms. The van der Waals surface area contributed by atoms with E-state index in [2.05, 4.69) is 5.32 Å². The van der Waals surface area contributed by atoms with Crippen molar-refractivity contribution in [3.8, 4) is 0 Å². The molecule has 0 aliphatic carbocycles. The third kappa shape index (κ3) is 8.16. The number of sulfonamides is 1. The Hall–Kier alpha value is -2.78. The smallest absolute Gasteiger partial charge is 0.264 e. The van der Waals surface area contributed by atoms with Crippen LogP contribution >= 0.6 is 34.8 Å². The Bertz CT molecular complexity index is 1490. The second-order valence-electron chi connectivity index (χ2n) is 9.77. The molecule has 0 saturated heterocycles. The molecule has 0 spiro atoms. The molecule has 11 heteroatoms. The fourth-order valence-electron chi connectivity index (χ4n) is 4.28. The third-order valence-electron chi connectivity index (χ3n) is 6.77. The first-order valence-corrected chi connectivity index (χ1v) is 15.8. The van der Waals surface area contributed by atoms with E-state index < -0.39 is 28.5 Å². The molecule has 0 radical (unpaired) electrons. The lowest BCUT2D eigenvalue weighted by Crippen LogP contribution is -2.53. The number of aryl methyl sites for hydroxylation is 1. The van der Waals surface area contributed by atoms with Crippen LogP contribution in [-0.2, 0) is 26.2 Å². The predicted octanol–water partition coefficient (Wildman–Crippen LogP) is 6.87. The Morgan fingerprint density at radius 1 is 0.902 bits per heavy atom. The lowest BCUT2D eigenvalue weighted by Gasteiger charge is -2.34. The molecule has 2 atom stereocenters. The zero-order valence-corrected chi connectivity index (χ0v) is 26.5. The van der Waals surface area contributed by atoms with E-state index in [0.29, 0.717) is 39.0 Å². The number of nitrogens with one attached hydrogen (secondary N) is 1. The maximum absolute atomic E-state index is 14.2. The van der Waals surface area contributed by atoms with Crippen LogP contribution in [0.2, 0.25) is 15.1 Å². The van der Waals surface area contributed by atoms with Crippen LogP contribution in [0.25, 0.3) is 0 Å². The highest BCUT2D eigenvalue weighted by Gasteiger charge is 2.34. The van der Waals surface area contributed by atoms with Crippen molar-refractivity contribution in [2.24, 2.45) is 0 Å². The first-order chi connectivity index (χ1) is 19.4. The monoisotopic (exact) mass is 637 g/mol. The summed E-state index contributed by atoms with van der Waals surface area (Å²) >= 11 is 18.6. The molecule has 220 valence electrons. The molecule has 0 aliphatic rings. The minimum Gasteiger partial charge on any atom is -0.352 e. The van der Waals surface area contributed by atoms with Crippen molar-refractivity contribution in [3.05, 3.63) is 92.9 Å². The van der Waals surface area contributed by atoms with E-state index in [-0.39, 0.29) is 29.1 Å². The maximum atomic E-state index is 14.2. The molecule has 0 unspecified atom stereocenters. The van der Waals surface area contributed by atoms with Gasteiger partial charge in [0.1, 0.15) is 12.6 Å². The highest BCUT2D eigenvalue weighted by molar-refractivity contribution is 7.92. The van der Waals surface area contributed by atoms with Crippen molar-refractivity contribution >= 4 is 62.3 Å². The second-order valence-corrected chi connectivity index (χ2v) is 12.9. The summed E-state index contributed by atoms with van der Waals surface area (Å²) in [6.07, 6.45) is 1.01. The number of halogens is 3. The second kappa shape index (κ2) is 14.4. The van der Waals surface area contributed by atoms with Crippen LogP contribution in [-0.4, -0.2) is 43.8 Å². The number of amides is 2. The lowest BCUT2D eigenvalue weighted by molar-refractivity contribution is -0.140. The molecular weight excluding hydrogens is 605 g/mol. The molecule has 7 nitrogen and oxygen atoms in total. The number of rotatable bonds is 12. The molecule has 0 bridgehead atoms. The number of carbonyl (C=O) groups excluding carboxylic acids is 2. The van der Waals surface area contributed by atoms with E-state index in [0.717, 1.165) is 4.31 Å². The summed E-state index contributed by atoms with van der Waals surface area (Å²) in [4.78, 5) is 28.9. The van der Waals surface area contributed by atoms with Crippen LogP contribution in [0.15, 0.2) is 71.6 Å². The highest BCUT2D eigenvalue weighted by atomic mass is 35.5. The summed E-state index contributed by atoms with van der Waals surface area (Å²) in [5, 5.41) is 3.92. The fourth-order valence-corrected chi connectivity index (χ4v) is 6.26. The minimum atomic E-state index is -4.19. The third-order valence-corrected chi connectivity index (χ3v) is 9.52. The SMILES string of the molecule is CC[C@H](C(=O)N[C@@H](C)CC)N(Cc1ccc(Cl)c(Cl)c1)C(=O)CN(c1cc(Cl)ccc1C)S(=O)(=O)c1ccccc1. The van der Waals surface area contributed by atoms with Crippen LogP contribution in [0.1, 0.15) is 44.7 Å². The topological polar surface area (TPSA) is 86.8 Å². The zero-order chi connectivity index (χ0) is 30.3. The van der Waals surface area contributed by atoms with Crippen molar-refractivity contribution in [2.75, 3.05) is 10.8 Å². The van der Waals surface area contributed by atoms with Crippen molar-refractivity contribution in [2.45, 2.75) is 64.1 Å². The number of carbonyl (C=O) groups is 2. The summed E-state index contributed by atoms with van der Waals surface area (Å²) in [5.74, 6) is -0.896. The predicted molar refractivity (Wildman–Crippen MR) is 166 cm³/mol. The van der Waals surface area contributed by atoms with Gasteiger partial charge in [-0.25, -0.2) is 8.42 Å². The zero-order valence-electron chi connectivity index (χ0n) is 23.4. The van der Waals surface area contributed by atoms with Gasteiger partial charge in [0.15, 0.2) is 0 Å². The quantitative estimate of drug-likeness (QED) is 0.235. The van der Waals surface area contributed by atoms with Gasteiger partial charge in [-0.05, 0) is 74.2 Å². The van der Waals surface area contributed by atoms with Gasteiger partial charge in [0, 0.05) is 17.6 Å². The molecule has 2 amide bonds. The Balaban J connectivity index is 2.10. The fraction of sp³-hybridized carbons (Fsp3) is 0.333. The first kappa shape index (κ1) is 32.7. The number of hydrogen-bond acceptors (Lipinski definition) is 4. The largest absolute Gasteiger partial charge is 0.352 e. The van der Waals surface area contributed by atoms with Crippen molar-refractivity contribution in [3.63, 3.8) is 0 Å². The maximum Gasteiger partial charge on any atom is 0.264 e. The average Bonchev–Trinajstić information content (AvgIpc) is 2.95. The van der Waals surface area contributed by atoms with E-state index in [4.69, 9.17) is 34.8 Å². The summed E-state index contributed by atoms with van der Waals surface area (Å²) < 4.78 is 29.0. The molecule has 0 saturated carbocycles. The summed E-state index contributed by atoms with van der Waals surface area (Å²) in [7, 11) is -4.19. The molecule has 0 fully saturated rings. The Morgan fingerprint density at radius 2 is 1.59 bits per heavy atom. The van der Waals surface area contributed by atoms with E-state index >= 15 is 0 Å². The van der Waals surface area contributed by atoms with E-state index in [1.165, 1.54) is 23.1 Å². The van der Waals surface area contributed by atoms with Gasteiger partial charge < -0.3 is 10.2 Å². The lowest BCUT2D eigenvalue weighted by atomic mass is 10.1. The Morgan fingerprint density at radius 3 is 2.20 bits per heavy atom. The van der Waals surface area contributed by atoms with Gasteiger partial charge >= 0.3 is 0 Å². The van der Waals surface area contributed by atoms with Gasteiger partial charge in [-0.15, -0.1) is 0 Å². The van der Waals surface area contributed by atoms with Gasteiger partial charge in [-0.3, -0.25) is 13.9 Å². The summed E-state index contributed by atoms with van der Waals surface area (Å²) in [6, 6.07) is 16.7. The summed E-state index contributed by atoms with van der Waals surface area (Å²) in [6.45, 7) is 6.82. The molecule has 1 N–H and O–H groups in total. The van der Waals surface area contributed by atoms with Crippen molar-refractivity contribution in [1.29, 1.82) is 0 Å². The van der Waals surface area contributed by atoms with Crippen LogP contribution in [0.4, 0.5) is 5.69 Å². The molecule has 0 aliphatic heterocycles. The molecule has 3 rings (SSSR count). The van der Waals surface area contributed by atoms with Crippen molar-refractivity contribution in [1.82, 2.24) is 10.2 Å². The first-order valence-electron chi connectivity index (χ1n) is 13.3. The number of hydrogen-bond donors (Lipinski definition) is 1. The molecule has 3 aromatic rings. The van der Waals surface area contributed by atoms with E-state index in [1.54, 1.807) is 62.4 Å². The minimum absolute atomic E-state index is 0.00983. The molecule has 0 heterocycles. The van der Waals surface area contributed by atoms with Crippen LogP contribution in [0.5, 0.6) is 0 Å². The Labute approximate surface area is 257 Å². The van der Waals surface area contributed by atoms with Gasteiger partial charge in [0.05, 0.1) is 20.6 Å². The van der Waals surface area contributed by atoms with Gasteiger partial charge in [0.25, 0.3) is 10.0 Å². The highest BCUT2D eigenvalue weighted by Crippen LogP contribution is 2.30. The number of benzene rings is 3. The summed E-state index contributed by atoms with van der Waals surface area (Å²) in [5.41, 5.74) is 1.51. The van der Waals surface area contributed by atoms with Gasteiger partial charge in [-0.2, -0.15) is 0 Å². The standard InChI is InChI=1S/C30H34Cl3N3O4S/c1-5-21(4)34-30(38)27(6-2)35(18-22-13-15-25(32)26(33)16-22)29(37)19-36(28-17-23(31)14-12-20(28)3)41(39,40)24-10-8-7-9-11-24/h7-17,21,27H,5-6,18-19H2,1-4H3,(H,34,38)/t21-,27+/m0/s1. The van der Waals surface area contributed by atoms with E-state index in [1.807, 2.05) is 13.8 Å². The number of anilines is 1. The average molecular weight is 639 g/mol. The van der Waals surface area contributed by atoms with E-state index in [9.17, 15) is 18.0 Å². The van der Waals surface area contributed by atoms with Gasteiger partial charge in [0.2, 0.25) is 11.8 Å². The molecular formula is C30H34Cl3N3O4S. The Kier molecular flexibility index (Phi) is 11.5.